The molecule has 2 N–H and O–H groups in total. The van der Waals surface area contributed by atoms with E-state index in [4.69, 9.17) is 0 Å². The Labute approximate surface area is 107 Å². The highest BCUT2D eigenvalue weighted by Crippen LogP contribution is 2.20. The summed E-state index contributed by atoms with van der Waals surface area (Å²) in [4.78, 5) is 11.3. The number of hydrogen-bond donors (Lipinski definition) is 2. The average Bonchev–Trinajstić information content (AvgIpc) is 2.37. The molecular weight excluding hydrogens is 232 g/mol. The van der Waals surface area contributed by atoms with Crippen molar-refractivity contribution in [1.82, 2.24) is 0 Å². The van der Waals surface area contributed by atoms with Crippen molar-refractivity contribution in [2.75, 3.05) is 6.61 Å². The van der Waals surface area contributed by atoms with Gasteiger partial charge in [-0.05, 0) is 25.0 Å². The average molecular weight is 250 g/mol. The lowest BCUT2D eigenvalue weighted by Gasteiger charge is -2.17. The second-order valence-corrected chi connectivity index (χ2v) is 4.04. The molecule has 4 heteroatoms. The van der Waals surface area contributed by atoms with E-state index in [0.29, 0.717) is 5.56 Å². The Morgan fingerprint density at radius 3 is 2.33 bits per heavy atom. The summed E-state index contributed by atoms with van der Waals surface area (Å²) in [5.74, 6) is -0.825. The predicted octanol–water partition coefficient (Wildman–Crippen LogP) is 1.68. The van der Waals surface area contributed by atoms with Crippen molar-refractivity contribution >= 4 is 11.5 Å². The van der Waals surface area contributed by atoms with Crippen LogP contribution >= 0.6 is 0 Å². The number of esters is 1. The standard InChI is InChI=1S/C14H18O4/c1-4-18-14(17)13(16)12(15)11-7-5-10(6-8-11)9(2)3/h5-8,12-13,15-16H,2,4H2,1,3H3. The first-order valence-electron chi connectivity index (χ1n) is 5.76. The first-order valence-corrected chi connectivity index (χ1v) is 5.76. The Morgan fingerprint density at radius 2 is 1.89 bits per heavy atom. The molecule has 1 aromatic carbocycles. The van der Waals surface area contributed by atoms with Crippen LogP contribution in [-0.4, -0.2) is 28.9 Å². The maximum absolute atomic E-state index is 11.3. The van der Waals surface area contributed by atoms with Crippen molar-refractivity contribution in [3.05, 3.63) is 42.0 Å². The second kappa shape index (κ2) is 6.33. The van der Waals surface area contributed by atoms with Gasteiger partial charge in [-0.1, -0.05) is 36.4 Å². The Kier molecular flexibility index (Phi) is 5.07. The van der Waals surface area contributed by atoms with Crippen LogP contribution in [0.15, 0.2) is 30.8 Å². The fourth-order valence-corrected chi connectivity index (χ4v) is 1.50. The fourth-order valence-electron chi connectivity index (χ4n) is 1.50. The summed E-state index contributed by atoms with van der Waals surface area (Å²) in [6.45, 7) is 7.48. The minimum Gasteiger partial charge on any atom is -0.464 e. The lowest BCUT2D eigenvalue weighted by Crippen LogP contribution is -2.29. The number of allylic oxidation sites excluding steroid dienone is 1. The minimum absolute atomic E-state index is 0.164. The molecule has 18 heavy (non-hydrogen) atoms. The zero-order chi connectivity index (χ0) is 13.7. The van der Waals surface area contributed by atoms with Gasteiger partial charge in [0, 0.05) is 0 Å². The molecule has 0 spiro atoms. The number of rotatable bonds is 5. The van der Waals surface area contributed by atoms with Crippen molar-refractivity contribution < 1.29 is 19.7 Å². The summed E-state index contributed by atoms with van der Waals surface area (Å²) in [6, 6.07) is 6.85. The molecule has 0 heterocycles. The number of hydrogen-bond acceptors (Lipinski definition) is 4. The highest BCUT2D eigenvalue weighted by molar-refractivity contribution is 5.75. The normalized spacial score (nSPS) is 13.8. The number of aliphatic hydroxyl groups is 2. The summed E-state index contributed by atoms with van der Waals surface area (Å²) in [6.07, 6.45) is -2.86. The van der Waals surface area contributed by atoms with Gasteiger partial charge in [-0.3, -0.25) is 0 Å². The molecule has 0 aromatic heterocycles. The van der Waals surface area contributed by atoms with Crippen molar-refractivity contribution in [2.45, 2.75) is 26.1 Å². The van der Waals surface area contributed by atoms with Crippen LogP contribution in [0.3, 0.4) is 0 Å². The van der Waals surface area contributed by atoms with Crippen molar-refractivity contribution in [2.24, 2.45) is 0 Å². The lowest BCUT2D eigenvalue weighted by atomic mass is 10.0. The van der Waals surface area contributed by atoms with E-state index in [-0.39, 0.29) is 6.61 Å². The first-order chi connectivity index (χ1) is 8.47. The minimum atomic E-state index is -1.57. The largest absolute Gasteiger partial charge is 0.464 e. The van der Waals surface area contributed by atoms with E-state index >= 15 is 0 Å². The number of aliphatic hydroxyl groups excluding tert-OH is 2. The molecule has 0 aliphatic carbocycles. The smallest absolute Gasteiger partial charge is 0.338 e. The summed E-state index contributed by atoms with van der Waals surface area (Å²) < 4.78 is 4.65. The quantitative estimate of drug-likeness (QED) is 0.780. The van der Waals surface area contributed by atoms with Gasteiger partial charge in [-0.15, -0.1) is 0 Å². The number of carbonyl (C=O) groups is 1. The van der Waals surface area contributed by atoms with E-state index in [1.165, 1.54) is 0 Å². The highest BCUT2D eigenvalue weighted by Gasteiger charge is 2.26. The molecule has 2 atom stereocenters. The summed E-state index contributed by atoms with van der Waals surface area (Å²) >= 11 is 0. The van der Waals surface area contributed by atoms with Crippen LogP contribution in [-0.2, 0) is 9.53 Å². The molecule has 2 unspecified atom stereocenters. The Morgan fingerprint density at radius 1 is 1.33 bits per heavy atom. The highest BCUT2D eigenvalue weighted by atomic mass is 16.5. The summed E-state index contributed by atoms with van der Waals surface area (Å²) in [5.41, 5.74) is 2.30. The predicted molar refractivity (Wildman–Crippen MR) is 68.7 cm³/mol. The third-order valence-electron chi connectivity index (χ3n) is 2.57. The first kappa shape index (κ1) is 14.4. The zero-order valence-corrected chi connectivity index (χ0v) is 10.6. The molecule has 0 amide bonds. The molecule has 0 aliphatic rings. The monoisotopic (exact) mass is 250 g/mol. The molecule has 0 saturated carbocycles. The molecule has 4 nitrogen and oxygen atoms in total. The molecule has 98 valence electrons. The molecule has 0 saturated heterocycles. The van der Waals surface area contributed by atoms with Gasteiger partial charge in [0.2, 0.25) is 0 Å². The molecule has 0 aliphatic heterocycles. The van der Waals surface area contributed by atoms with Crippen molar-refractivity contribution in [3.8, 4) is 0 Å². The maximum Gasteiger partial charge on any atom is 0.338 e. The third kappa shape index (κ3) is 3.42. The van der Waals surface area contributed by atoms with E-state index in [9.17, 15) is 15.0 Å². The van der Waals surface area contributed by atoms with E-state index < -0.39 is 18.2 Å². The third-order valence-corrected chi connectivity index (χ3v) is 2.57. The number of benzene rings is 1. The SMILES string of the molecule is C=C(C)c1ccc(C(O)C(O)C(=O)OCC)cc1. The van der Waals surface area contributed by atoms with Crippen LogP contribution in [0.5, 0.6) is 0 Å². The molecule has 0 fully saturated rings. The van der Waals surface area contributed by atoms with Gasteiger partial charge in [0.25, 0.3) is 0 Å². The number of carbonyl (C=O) groups excluding carboxylic acids is 1. The molecular formula is C14H18O4. The molecule has 0 bridgehead atoms. The van der Waals surface area contributed by atoms with E-state index in [1.807, 2.05) is 6.92 Å². The van der Waals surface area contributed by atoms with E-state index in [2.05, 4.69) is 11.3 Å². The maximum atomic E-state index is 11.3. The molecule has 0 radical (unpaired) electrons. The van der Waals surface area contributed by atoms with Gasteiger partial charge in [-0.2, -0.15) is 0 Å². The van der Waals surface area contributed by atoms with Crippen LogP contribution in [0.4, 0.5) is 0 Å². The van der Waals surface area contributed by atoms with E-state index in [0.717, 1.165) is 11.1 Å². The van der Waals surface area contributed by atoms with Crippen LogP contribution in [0, 0.1) is 0 Å². The van der Waals surface area contributed by atoms with Crippen LogP contribution < -0.4 is 0 Å². The van der Waals surface area contributed by atoms with Crippen LogP contribution in [0.2, 0.25) is 0 Å². The van der Waals surface area contributed by atoms with Crippen molar-refractivity contribution in [3.63, 3.8) is 0 Å². The van der Waals surface area contributed by atoms with Crippen molar-refractivity contribution in [1.29, 1.82) is 0 Å². The Balaban J connectivity index is 2.80. The second-order valence-electron chi connectivity index (χ2n) is 4.04. The summed E-state index contributed by atoms with van der Waals surface area (Å²) in [5, 5.41) is 19.4. The fraction of sp³-hybridized carbons (Fsp3) is 0.357. The van der Waals surface area contributed by atoms with Crippen LogP contribution in [0.1, 0.15) is 31.1 Å². The molecule has 1 aromatic rings. The van der Waals surface area contributed by atoms with E-state index in [1.54, 1.807) is 31.2 Å². The number of ether oxygens (including phenoxy) is 1. The van der Waals surface area contributed by atoms with Gasteiger partial charge in [-0.25, -0.2) is 4.79 Å². The lowest BCUT2D eigenvalue weighted by molar-refractivity contribution is -0.159. The topological polar surface area (TPSA) is 66.8 Å². The Bertz CT molecular complexity index is 422. The van der Waals surface area contributed by atoms with Gasteiger partial charge in [0.05, 0.1) is 6.61 Å². The van der Waals surface area contributed by atoms with Crippen LogP contribution in [0.25, 0.3) is 5.57 Å². The zero-order valence-electron chi connectivity index (χ0n) is 10.6. The Hall–Kier alpha value is -1.65. The molecule has 1 rings (SSSR count). The van der Waals surface area contributed by atoms with Gasteiger partial charge >= 0.3 is 5.97 Å². The summed E-state index contributed by atoms with van der Waals surface area (Å²) in [7, 11) is 0. The van der Waals surface area contributed by atoms with Gasteiger partial charge in [0.1, 0.15) is 6.10 Å². The van der Waals surface area contributed by atoms with Gasteiger partial charge in [0.15, 0.2) is 6.10 Å². The van der Waals surface area contributed by atoms with Gasteiger partial charge < -0.3 is 14.9 Å².